The first kappa shape index (κ1) is 20.7. The maximum atomic E-state index is 13.1. The Hall–Kier alpha value is -3.00. The molecule has 7 nitrogen and oxygen atoms in total. The van der Waals surface area contributed by atoms with Gasteiger partial charge in [0.15, 0.2) is 0 Å². The molecule has 1 N–H and O–H groups in total. The number of anilines is 1. The van der Waals surface area contributed by atoms with Gasteiger partial charge in [0.25, 0.3) is 15.9 Å². The summed E-state index contributed by atoms with van der Waals surface area (Å²) in [6.45, 7) is 6.07. The number of ether oxygens (including phenoxy) is 1. The minimum absolute atomic E-state index is 0.0279. The Bertz CT molecular complexity index is 1100. The SMILES string of the molecule is COc1nc(C)cnc1NS(=O)(=O)c1cnccc1-c1ccc(CC(C)C)cc1. The van der Waals surface area contributed by atoms with Crippen LogP contribution in [-0.2, 0) is 16.4 Å². The monoisotopic (exact) mass is 412 g/mol. The van der Waals surface area contributed by atoms with Crippen LogP contribution in [-0.4, -0.2) is 30.5 Å². The third kappa shape index (κ3) is 4.89. The molecule has 0 aliphatic carbocycles. The Kier molecular flexibility index (Phi) is 6.12. The van der Waals surface area contributed by atoms with Gasteiger partial charge in [0.1, 0.15) is 4.90 Å². The van der Waals surface area contributed by atoms with Gasteiger partial charge in [-0.05, 0) is 36.5 Å². The Morgan fingerprint density at radius 2 is 1.83 bits per heavy atom. The fourth-order valence-corrected chi connectivity index (χ4v) is 4.15. The number of benzene rings is 1. The Morgan fingerprint density at radius 1 is 1.10 bits per heavy atom. The number of hydrogen-bond donors (Lipinski definition) is 1. The minimum Gasteiger partial charge on any atom is -0.478 e. The summed E-state index contributed by atoms with van der Waals surface area (Å²) in [6, 6.07) is 9.59. The van der Waals surface area contributed by atoms with Crippen LogP contribution in [0.25, 0.3) is 11.1 Å². The van der Waals surface area contributed by atoms with E-state index in [2.05, 4.69) is 33.5 Å². The Labute approximate surface area is 171 Å². The van der Waals surface area contributed by atoms with Gasteiger partial charge in [-0.2, -0.15) is 0 Å². The van der Waals surface area contributed by atoms with Crippen molar-refractivity contribution in [2.75, 3.05) is 11.8 Å². The first-order chi connectivity index (χ1) is 13.8. The minimum atomic E-state index is -3.96. The first-order valence-electron chi connectivity index (χ1n) is 9.24. The zero-order valence-electron chi connectivity index (χ0n) is 16.9. The van der Waals surface area contributed by atoms with Crippen LogP contribution in [0.4, 0.5) is 5.82 Å². The number of aromatic nitrogens is 3. The van der Waals surface area contributed by atoms with Crippen molar-refractivity contribution in [3.63, 3.8) is 0 Å². The number of nitrogens with zero attached hydrogens (tertiary/aromatic N) is 3. The Morgan fingerprint density at radius 3 is 2.48 bits per heavy atom. The van der Waals surface area contributed by atoms with Crippen LogP contribution in [0.1, 0.15) is 25.1 Å². The lowest BCUT2D eigenvalue weighted by molar-refractivity contribution is 0.397. The van der Waals surface area contributed by atoms with Crippen molar-refractivity contribution in [2.45, 2.75) is 32.1 Å². The van der Waals surface area contributed by atoms with Crippen LogP contribution in [0.15, 0.2) is 53.8 Å². The molecule has 0 saturated carbocycles. The third-order valence-corrected chi connectivity index (χ3v) is 5.63. The topological polar surface area (TPSA) is 94.1 Å². The number of nitrogens with one attached hydrogen (secondary N) is 1. The molecule has 0 amide bonds. The smallest absolute Gasteiger partial charge is 0.265 e. The maximum Gasteiger partial charge on any atom is 0.265 e. The van der Waals surface area contributed by atoms with Gasteiger partial charge in [0.05, 0.1) is 19.0 Å². The predicted octanol–water partition coefficient (Wildman–Crippen LogP) is 3.85. The highest BCUT2D eigenvalue weighted by atomic mass is 32.2. The van der Waals surface area contributed by atoms with Gasteiger partial charge >= 0.3 is 0 Å². The van der Waals surface area contributed by atoms with Crippen LogP contribution in [0.3, 0.4) is 0 Å². The lowest BCUT2D eigenvalue weighted by atomic mass is 9.99. The molecule has 0 spiro atoms. The molecule has 0 unspecified atom stereocenters. The van der Waals surface area contributed by atoms with E-state index < -0.39 is 10.0 Å². The second-order valence-electron chi connectivity index (χ2n) is 7.14. The van der Waals surface area contributed by atoms with Gasteiger partial charge in [-0.15, -0.1) is 0 Å². The van der Waals surface area contributed by atoms with Crippen LogP contribution in [0.2, 0.25) is 0 Å². The number of pyridine rings is 1. The average molecular weight is 413 g/mol. The number of methoxy groups -OCH3 is 1. The van der Waals surface area contributed by atoms with E-state index in [1.54, 1.807) is 19.2 Å². The summed E-state index contributed by atoms with van der Waals surface area (Å²) in [7, 11) is -2.55. The molecule has 29 heavy (non-hydrogen) atoms. The molecular formula is C21H24N4O3S. The molecule has 0 radical (unpaired) electrons. The van der Waals surface area contributed by atoms with E-state index in [9.17, 15) is 8.42 Å². The quantitative estimate of drug-likeness (QED) is 0.633. The summed E-state index contributed by atoms with van der Waals surface area (Å²) in [4.78, 5) is 12.3. The second-order valence-corrected chi connectivity index (χ2v) is 8.79. The van der Waals surface area contributed by atoms with Gasteiger partial charge in [-0.1, -0.05) is 38.1 Å². The molecule has 0 bridgehead atoms. The van der Waals surface area contributed by atoms with Crippen molar-refractivity contribution in [2.24, 2.45) is 5.92 Å². The van der Waals surface area contributed by atoms with E-state index in [-0.39, 0.29) is 16.6 Å². The first-order valence-corrected chi connectivity index (χ1v) is 10.7. The highest BCUT2D eigenvalue weighted by Crippen LogP contribution is 2.29. The van der Waals surface area contributed by atoms with Crippen molar-refractivity contribution >= 4 is 15.8 Å². The molecule has 3 rings (SSSR count). The predicted molar refractivity (Wildman–Crippen MR) is 112 cm³/mol. The summed E-state index contributed by atoms with van der Waals surface area (Å²) in [6.07, 6.45) is 5.34. The molecule has 0 atom stereocenters. The second kappa shape index (κ2) is 8.57. The molecule has 8 heteroatoms. The zero-order chi connectivity index (χ0) is 21.0. The van der Waals surface area contributed by atoms with Gasteiger partial charge in [-0.3, -0.25) is 9.71 Å². The molecule has 0 saturated heterocycles. The molecule has 1 aromatic carbocycles. The van der Waals surface area contributed by atoms with Crippen LogP contribution >= 0.6 is 0 Å². The van der Waals surface area contributed by atoms with Gasteiger partial charge in [-0.25, -0.2) is 18.4 Å². The third-order valence-electron chi connectivity index (χ3n) is 4.27. The van der Waals surface area contributed by atoms with Crippen LogP contribution in [0, 0.1) is 12.8 Å². The van der Waals surface area contributed by atoms with Crippen molar-refractivity contribution < 1.29 is 13.2 Å². The molecule has 3 aromatic rings. The molecule has 0 aliphatic heterocycles. The van der Waals surface area contributed by atoms with Crippen LogP contribution < -0.4 is 9.46 Å². The standard InChI is InChI=1S/C21H24N4O3S/c1-14(2)11-16-5-7-17(8-6-16)18-9-10-22-13-19(18)29(26,27)25-20-21(28-4)24-15(3)12-23-20/h5-10,12-14H,11H2,1-4H3,(H,23,25). The summed E-state index contributed by atoms with van der Waals surface area (Å²) in [5, 5.41) is 0. The van der Waals surface area contributed by atoms with Crippen molar-refractivity contribution in [1.82, 2.24) is 15.0 Å². The van der Waals surface area contributed by atoms with Crippen LogP contribution in [0.5, 0.6) is 5.88 Å². The largest absolute Gasteiger partial charge is 0.478 e. The normalized spacial score (nSPS) is 11.5. The van der Waals surface area contributed by atoms with E-state index >= 15 is 0 Å². The molecule has 0 aliphatic rings. The van der Waals surface area contributed by atoms with Gasteiger partial charge in [0.2, 0.25) is 5.82 Å². The number of aryl methyl sites for hydroxylation is 1. The fourth-order valence-electron chi connectivity index (χ4n) is 2.97. The van der Waals surface area contributed by atoms with Crippen molar-refractivity contribution in [3.05, 3.63) is 60.2 Å². The van der Waals surface area contributed by atoms with E-state index in [0.717, 1.165) is 12.0 Å². The number of hydrogen-bond acceptors (Lipinski definition) is 6. The fraction of sp³-hybridized carbons (Fsp3) is 0.286. The number of sulfonamides is 1. The molecule has 0 fully saturated rings. The molecule has 2 aromatic heterocycles. The van der Waals surface area contributed by atoms with Gasteiger partial charge < -0.3 is 4.74 Å². The van der Waals surface area contributed by atoms with Gasteiger partial charge in [0, 0.05) is 18.0 Å². The van der Waals surface area contributed by atoms with E-state index in [0.29, 0.717) is 17.2 Å². The summed E-state index contributed by atoms with van der Waals surface area (Å²) in [5.41, 5.74) is 3.18. The Balaban J connectivity index is 1.97. The molecule has 2 heterocycles. The van der Waals surface area contributed by atoms with E-state index in [4.69, 9.17) is 4.74 Å². The highest BCUT2D eigenvalue weighted by molar-refractivity contribution is 7.92. The van der Waals surface area contributed by atoms with Crippen molar-refractivity contribution in [3.8, 4) is 17.0 Å². The number of rotatable bonds is 7. The lowest BCUT2D eigenvalue weighted by Crippen LogP contribution is -2.16. The van der Waals surface area contributed by atoms with Crippen molar-refractivity contribution in [1.29, 1.82) is 0 Å². The highest BCUT2D eigenvalue weighted by Gasteiger charge is 2.22. The lowest BCUT2D eigenvalue weighted by Gasteiger charge is -2.13. The zero-order valence-corrected chi connectivity index (χ0v) is 17.7. The summed E-state index contributed by atoms with van der Waals surface area (Å²) in [5.74, 6) is 0.685. The molecular weight excluding hydrogens is 388 g/mol. The average Bonchev–Trinajstić information content (AvgIpc) is 2.69. The maximum absolute atomic E-state index is 13.1. The van der Waals surface area contributed by atoms with E-state index in [1.807, 2.05) is 24.3 Å². The molecule has 152 valence electrons. The summed E-state index contributed by atoms with van der Waals surface area (Å²) >= 11 is 0. The summed E-state index contributed by atoms with van der Waals surface area (Å²) < 4.78 is 33.8. The van der Waals surface area contributed by atoms with E-state index in [1.165, 1.54) is 25.1 Å².